The third-order valence-electron chi connectivity index (χ3n) is 6.64. The third kappa shape index (κ3) is 27.7. The van der Waals surface area contributed by atoms with Gasteiger partial charge in [0.05, 0.1) is 151 Å². The van der Waals surface area contributed by atoms with Crippen molar-refractivity contribution in [2.45, 2.75) is 0 Å². The van der Waals surface area contributed by atoms with Crippen molar-refractivity contribution in [3.05, 3.63) is 54.1 Å². The van der Waals surface area contributed by atoms with E-state index in [1.165, 1.54) is 0 Å². The molecular formula is C37H59NO14. The highest BCUT2D eigenvalue weighted by atomic mass is 16.6. The van der Waals surface area contributed by atoms with E-state index in [1.807, 2.05) is 18.2 Å². The van der Waals surface area contributed by atoms with Gasteiger partial charge >= 0.3 is 0 Å². The van der Waals surface area contributed by atoms with Crippen molar-refractivity contribution in [3.63, 3.8) is 0 Å². The summed E-state index contributed by atoms with van der Waals surface area (Å²) in [7, 11) is 0. The smallest absolute Gasteiger partial charge is 0.150 e. The molecule has 0 aliphatic heterocycles. The van der Waals surface area contributed by atoms with Crippen molar-refractivity contribution in [2.75, 3.05) is 164 Å². The zero-order valence-electron chi connectivity index (χ0n) is 30.5. The molecule has 0 heterocycles. The van der Waals surface area contributed by atoms with Crippen LogP contribution in [0.1, 0.15) is 10.4 Å². The van der Waals surface area contributed by atoms with Crippen molar-refractivity contribution < 1.29 is 66.4 Å². The van der Waals surface area contributed by atoms with E-state index in [4.69, 9.17) is 67.3 Å². The Labute approximate surface area is 308 Å². The lowest BCUT2D eigenvalue weighted by molar-refractivity contribution is -0.0279. The van der Waals surface area contributed by atoms with Crippen LogP contribution < -0.4 is 15.2 Å². The molecule has 2 aromatic rings. The lowest BCUT2D eigenvalue weighted by Gasteiger charge is -2.10. The summed E-state index contributed by atoms with van der Waals surface area (Å²) >= 11 is 0. The highest BCUT2D eigenvalue weighted by molar-refractivity contribution is 5.74. The summed E-state index contributed by atoms with van der Waals surface area (Å²) in [6.45, 7) is 11.6. The van der Waals surface area contributed by atoms with E-state index in [1.54, 1.807) is 30.3 Å². The lowest BCUT2D eigenvalue weighted by Crippen LogP contribution is -2.15. The normalized spacial score (nSPS) is 11.2. The Kier molecular flexibility index (Phi) is 30.5. The van der Waals surface area contributed by atoms with Gasteiger partial charge in [0.2, 0.25) is 0 Å². The molecule has 0 saturated carbocycles. The molecule has 0 fully saturated rings. The second kappa shape index (κ2) is 35.1. The third-order valence-corrected chi connectivity index (χ3v) is 6.64. The summed E-state index contributed by atoms with van der Waals surface area (Å²) < 4.78 is 71.4. The SMILES string of the molecule is Nc1ccccc1OCCOCCOCCOCCOCCOCCOCCOCCOCCOCCOCCOCCOc1ccc(C=O)cc1. The van der Waals surface area contributed by atoms with Crippen LogP contribution in [0.5, 0.6) is 11.5 Å². The number of aldehydes is 1. The van der Waals surface area contributed by atoms with Crippen molar-refractivity contribution in [1.82, 2.24) is 0 Å². The molecule has 2 aromatic carbocycles. The summed E-state index contributed by atoms with van der Waals surface area (Å²) in [6, 6.07) is 14.3. The van der Waals surface area contributed by atoms with Crippen LogP contribution in [0, 0.1) is 0 Å². The van der Waals surface area contributed by atoms with Crippen LogP contribution in [0.3, 0.4) is 0 Å². The van der Waals surface area contributed by atoms with Crippen LogP contribution >= 0.6 is 0 Å². The Balaban J connectivity index is 1.14. The molecule has 296 valence electrons. The van der Waals surface area contributed by atoms with Gasteiger partial charge in [-0.05, 0) is 36.4 Å². The first-order valence-electron chi connectivity index (χ1n) is 17.8. The van der Waals surface area contributed by atoms with Gasteiger partial charge in [0.15, 0.2) is 0 Å². The highest BCUT2D eigenvalue weighted by Gasteiger charge is 2.00. The maximum Gasteiger partial charge on any atom is 0.150 e. The predicted octanol–water partition coefficient (Wildman–Crippen LogP) is 2.72. The summed E-state index contributed by atoms with van der Waals surface area (Å²) in [4.78, 5) is 10.6. The van der Waals surface area contributed by atoms with Crippen molar-refractivity contribution in [1.29, 1.82) is 0 Å². The quantitative estimate of drug-likeness (QED) is 0.0604. The van der Waals surface area contributed by atoms with Gasteiger partial charge in [0.25, 0.3) is 0 Å². The number of carbonyl (C=O) groups is 1. The van der Waals surface area contributed by atoms with Crippen LogP contribution in [0.15, 0.2) is 48.5 Å². The standard InChI is InChI=1S/C37H59NO14/c38-36-3-1-2-4-37(36)52-32-30-50-28-26-48-24-22-46-20-18-44-16-14-42-12-10-40-9-11-41-13-15-43-17-19-45-21-23-47-25-27-49-29-31-51-35-7-5-34(33-39)6-8-35/h1-8,33H,9-32,38H2. The van der Waals surface area contributed by atoms with Crippen LogP contribution in [0.25, 0.3) is 0 Å². The average molecular weight is 742 g/mol. The van der Waals surface area contributed by atoms with Gasteiger partial charge in [-0.3, -0.25) is 4.79 Å². The summed E-state index contributed by atoms with van der Waals surface area (Å²) in [5.41, 5.74) is 7.05. The fourth-order valence-electron chi connectivity index (χ4n) is 3.98. The monoisotopic (exact) mass is 741 g/mol. The fourth-order valence-corrected chi connectivity index (χ4v) is 3.98. The largest absolute Gasteiger partial charge is 0.491 e. The second-order valence-electron chi connectivity index (χ2n) is 10.7. The second-order valence-corrected chi connectivity index (χ2v) is 10.7. The Morgan fingerprint density at radius 1 is 0.365 bits per heavy atom. The van der Waals surface area contributed by atoms with Gasteiger partial charge in [0, 0.05) is 5.56 Å². The van der Waals surface area contributed by atoms with Gasteiger partial charge in [-0.25, -0.2) is 0 Å². The Morgan fingerprint density at radius 3 is 0.962 bits per heavy atom. The van der Waals surface area contributed by atoms with Gasteiger partial charge < -0.3 is 67.3 Å². The Bertz CT molecular complexity index is 1060. The maximum atomic E-state index is 10.6. The number of hydrogen-bond acceptors (Lipinski definition) is 15. The zero-order valence-corrected chi connectivity index (χ0v) is 30.5. The number of rotatable bonds is 39. The van der Waals surface area contributed by atoms with Crippen LogP contribution in [0.4, 0.5) is 5.69 Å². The number of ether oxygens (including phenoxy) is 13. The molecule has 0 bridgehead atoms. The minimum absolute atomic E-state index is 0.427. The molecule has 0 unspecified atom stereocenters. The molecule has 0 spiro atoms. The number of carbonyl (C=O) groups excluding carboxylic acids is 1. The molecule has 0 aliphatic carbocycles. The molecule has 0 saturated heterocycles. The molecule has 0 aromatic heterocycles. The summed E-state index contributed by atoms with van der Waals surface area (Å²) in [5.74, 6) is 1.37. The van der Waals surface area contributed by atoms with E-state index in [0.717, 1.165) is 6.29 Å². The minimum atomic E-state index is 0.427. The highest BCUT2D eigenvalue weighted by Crippen LogP contribution is 2.19. The Hall–Kier alpha value is -2.93. The molecule has 2 rings (SSSR count). The number of nitrogen functional groups attached to an aromatic ring is 1. The summed E-state index contributed by atoms with van der Waals surface area (Å²) in [6.07, 6.45) is 0.797. The van der Waals surface area contributed by atoms with E-state index in [0.29, 0.717) is 181 Å². The first-order valence-corrected chi connectivity index (χ1v) is 17.8. The van der Waals surface area contributed by atoms with E-state index in [2.05, 4.69) is 0 Å². The van der Waals surface area contributed by atoms with Gasteiger partial charge in [-0.2, -0.15) is 0 Å². The number of hydrogen-bond donors (Lipinski definition) is 1. The maximum absolute atomic E-state index is 10.6. The average Bonchev–Trinajstić information content (AvgIpc) is 3.17. The molecule has 15 heteroatoms. The molecule has 52 heavy (non-hydrogen) atoms. The molecule has 0 amide bonds. The van der Waals surface area contributed by atoms with Crippen molar-refractivity contribution in [2.24, 2.45) is 0 Å². The lowest BCUT2D eigenvalue weighted by atomic mass is 10.2. The molecule has 0 atom stereocenters. The number of anilines is 1. The van der Waals surface area contributed by atoms with Crippen molar-refractivity contribution >= 4 is 12.0 Å². The van der Waals surface area contributed by atoms with E-state index >= 15 is 0 Å². The zero-order chi connectivity index (χ0) is 36.8. The molecule has 15 nitrogen and oxygen atoms in total. The number of benzene rings is 2. The topological polar surface area (TPSA) is 163 Å². The van der Waals surface area contributed by atoms with Crippen molar-refractivity contribution in [3.8, 4) is 11.5 Å². The Morgan fingerprint density at radius 2 is 0.654 bits per heavy atom. The van der Waals surface area contributed by atoms with E-state index in [-0.39, 0.29) is 0 Å². The van der Waals surface area contributed by atoms with Crippen LogP contribution in [-0.2, 0) is 52.1 Å². The van der Waals surface area contributed by atoms with Crippen LogP contribution in [-0.4, -0.2) is 165 Å². The van der Waals surface area contributed by atoms with E-state index in [9.17, 15) is 4.79 Å². The predicted molar refractivity (Wildman–Crippen MR) is 193 cm³/mol. The van der Waals surface area contributed by atoms with Crippen LogP contribution in [0.2, 0.25) is 0 Å². The van der Waals surface area contributed by atoms with E-state index < -0.39 is 0 Å². The summed E-state index contributed by atoms with van der Waals surface area (Å²) in [5, 5.41) is 0. The van der Waals surface area contributed by atoms with Gasteiger partial charge in [0.1, 0.15) is 31.0 Å². The molecule has 2 N–H and O–H groups in total. The molecule has 0 aliphatic rings. The first kappa shape index (κ1) is 45.2. The number of para-hydroxylation sites is 2. The number of nitrogens with two attached hydrogens (primary N) is 1. The van der Waals surface area contributed by atoms with Gasteiger partial charge in [-0.1, -0.05) is 12.1 Å². The molecular weight excluding hydrogens is 682 g/mol. The minimum Gasteiger partial charge on any atom is -0.491 e. The fraction of sp³-hybridized carbons (Fsp3) is 0.649. The molecule has 0 radical (unpaired) electrons. The first-order chi connectivity index (χ1) is 25.8. The van der Waals surface area contributed by atoms with Gasteiger partial charge in [-0.15, -0.1) is 0 Å².